The molecule has 0 saturated heterocycles. The fraction of sp³-hybridized carbons (Fsp3) is 0.158. The van der Waals surface area contributed by atoms with Crippen LogP contribution in [0.15, 0.2) is 42.5 Å². The van der Waals surface area contributed by atoms with Crippen LogP contribution < -0.4 is 5.32 Å². The van der Waals surface area contributed by atoms with Crippen molar-refractivity contribution in [1.29, 1.82) is 0 Å². The van der Waals surface area contributed by atoms with Crippen LogP contribution in [0.1, 0.15) is 32.1 Å². The fourth-order valence-corrected chi connectivity index (χ4v) is 3.10. The van der Waals surface area contributed by atoms with Gasteiger partial charge in [0.1, 0.15) is 6.54 Å². The number of nitrogens with one attached hydrogen (secondary N) is 1. The SMILES string of the molecule is Cc1ccc(NC(=O)CN2C(=O)c3ccccc3C2=O)cc1-n1nnnc1C. The van der Waals surface area contributed by atoms with Crippen molar-refractivity contribution in [3.8, 4) is 5.69 Å². The molecule has 0 aliphatic carbocycles. The third kappa shape index (κ3) is 2.92. The third-order valence-electron chi connectivity index (χ3n) is 4.53. The first-order valence-electron chi connectivity index (χ1n) is 8.57. The second-order valence-electron chi connectivity index (χ2n) is 6.43. The summed E-state index contributed by atoms with van der Waals surface area (Å²) in [4.78, 5) is 38.2. The number of tetrazole rings is 1. The van der Waals surface area contributed by atoms with Gasteiger partial charge in [0, 0.05) is 5.69 Å². The Balaban J connectivity index is 1.52. The molecule has 2 aromatic carbocycles. The molecule has 9 heteroatoms. The number of carbonyl (C=O) groups excluding carboxylic acids is 3. The second-order valence-corrected chi connectivity index (χ2v) is 6.43. The van der Waals surface area contributed by atoms with Gasteiger partial charge in [-0.2, -0.15) is 4.68 Å². The predicted octanol–water partition coefficient (Wildman–Crippen LogP) is 1.51. The van der Waals surface area contributed by atoms with Crippen LogP contribution in [-0.2, 0) is 4.79 Å². The number of rotatable bonds is 4. The van der Waals surface area contributed by atoms with Crippen molar-refractivity contribution in [2.75, 3.05) is 11.9 Å². The van der Waals surface area contributed by atoms with Gasteiger partial charge in [-0.05, 0) is 54.1 Å². The molecule has 0 fully saturated rings. The highest BCUT2D eigenvalue weighted by Crippen LogP contribution is 2.23. The lowest BCUT2D eigenvalue weighted by Crippen LogP contribution is -2.37. The van der Waals surface area contributed by atoms with E-state index in [1.165, 1.54) is 0 Å². The Morgan fingerprint density at radius 3 is 2.32 bits per heavy atom. The van der Waals surface area contributed by atoms with E-state index in [1.54, 1.807) is 48.0 Å². The zero-order chi connectivity index (χ0) is 19.8. The van der Waals surface area contributed by atoms with Crippen molar-refractivity contribution in [3.63, 3.8) is 0 Å². The quantitative estimate of drug-likeness (QED) is 0.691. The average Bonchev–Trinajstić information content (AvgIpc) is 3.21. The summed E-state index contributed by atoms with van der Waals surface area (Å²) in [6.07, 6.45) is 0. The number of imide groups is 1. The van der Waals surface area contributed by atoms with Crippen LogP contribution in [0.25, 0.3) is 5.69 Å². The molecule has 0 bridgehead atoms. The van der Waals surface area contributed by atoms with E-state index < -0.39 is 17.7 Å². The van der Waals surface area contributed by atoms with Crippen molar-refractivity contribution in [1.82, 2.24) is 25.1 Å². The van der Waals surface area contributed by atoms with Crippen molar-refractivity contribution < 1.29 is 14.4 Å². The summed E-state index contributed by atoms with van der Waals surface area (Å²) in [6.45, 7) is 3.31. The molecule has 4 rings (SSSR count). The molecule has 140 valence electrons. The lowest BCUT2D eigenvalue weighted by atomic mass is 10.1. The van der Waals surface area contributed by atoms with E-state index in [2.05, 4.69) is 20.8 Å². The number of aryl methyl sites for hydroxylation is 2. The molecule has 3 amide bonds. The largest absolute Gasteiger partial charge is 0.324 e. The Morgan fingerprint density at radius 1 is 1.04 bits per heavy atom. The van der Waals surface area contributed by atoms with Gasteiger partial charge in [0.15, 0.2) is 5.82 Å². The number of nitrogens with zero attached hydrogens (tertiary/aromatic N) is 5. The molecule has 2 heterocycles. The number of benzene rings is 2. The number of aromatic nitrogens is 4. The van der Waals surface area contributed by atoms with Gasteiger partial charge in [0.2, 0.25) is 5.91 Å². The Labute approximate surface area is 160 Å². The number of hydrogen-bond donors (Lipinski definition) is 1. The van der Waals surface area contributed by atoms with Crippen LogP contribution in [-0.4, -0.2) is 49.4 Å². The van der Waals surface area contributed by atoms with Crippen molar-refractivity contribution >= 4 is 23.4 Å². The standard InChI is InChI=1S/C19H16N6O3/c1-11-7-8-13(9-16(11)25-12(2)21-22-23-25)20-17(26)10-24-18(27)14-5-3-4-6-15(14)19(24)28/h3-9H,10H2,1-2H3,(H,20,26). The van der Waals surface area contributed by atoms with Crippen LogP contribution in [0.5, 0.6) is 0 Å². The molecule has 0 spiro atoms. The molecule has 1 N–H and O–H groups in total. The van der Waals surface area contributed by atoms with E-state index in [9.17, 15) is 14.4 Å². The molecular weight excluding hydrogens is 360 g/mol. The minimum atomic E-state index is -0.474. The topological polar surface area (TPSA) is 110 Å². The molecule has 0 saturated carbocycles. The Hall–Kier alpha value is -3.88. The minimum absolute atomic E-state index is 0.312. The second kappa shape index (κ2) is 6.69. The Bertz CT molecular complexity index is 1090. The van der Waals surface area contributed by atoms with Crippen LogP contribution in [0.3, 0.4) is 0 Å². The van der Waals surface area contributed by atoms with E-state index in [0.29, 0.717) is 22.6 Å². The Morgan fingerprint density at radius 2 is 1.71 bits per heavy atom. The molecule has 3 aromatic rings. The number of amides is 3. The van der Waals surface area contributed by atoms with Gasteiger partial charge in [-0.3, -0.25) is 19.3 Å². The molecule has 1 aliphatic heterocycles. The summed E-state index contributed by atoms with van der Waals surface area (Å²) in [5.74, 6) is -0.801. The molecule has 0 unspecified atom stereocenters. The zero-order valence-corrected chi connectivity index (χ0v) is 15.2. The monoisotopic (exact) mass is 376 g/mol. The smallest absolute Gasteiger partial charge is 0.262 e. The highest BCUT2D eigenvalue weighted by atomic mass is 16.2. The van der Waals surface area contributed by atoms with E-state index in [4.69, 9.17) is 0 Å². The van der Waals surface area contributed by atoms with Gasteiger partial charge in [-0.15, -0.1) is 5.10 Å². The van der Waals surface area contributed by atoms with Gasteiger partial charge < -0.3 is 5.32 Å². The zero-order valence-electron chi connectivity index (χ0n) is 15.2. The summed E-state index contributed by atoms with van der Waals surface area (Å²) < 4.78 is 1.56. The maximum atomic E-state index is 12.5. The molecule has 0 atom stereocenters. The summed E-state index contributed by atoms with van der Waals surface area (Å²) in [6, 6.07) is 11.8. The maximum Gasteiger partial charge on any atom is 0.262 e. The molecule has 1 aliphatic rings. The number of anilines is 1. The summed E-state index contributed by atoms with van der Waals surface area (Å²) in [7, 11) is 0. The van der Waals surface area contributed by atoms with Crippen molar-refractivity contribution in [3.05, 3.63) is 65.0 Å². The van der Waals surface area contributed by atoms with Gasteiger partial charge in [0.05, 0.1) is 16.8 Å². The minimum Gasteiger partial charge on any atom is -0.324 e. The van der Waals surface area contributed by atoms with Crippen LogP contribution in [0.4, 0.5) is 5.69 Å². The molecule has 1 aromatic heterocycles. The van der Waals surface area contributed by atoms with E-state index >= 15 is 0 Å². The van der Waals surface area contributed by atoms with Crippen molar-refractivity contribution in [2.24, 2.45) is 0 Å². The highest BCUT2D eigenvalue weighted by Gasteiger charge is 2.36. The number of hydrogen-bond acceptors (Lipinski definition) is 6. The first-order chi connectivity index (χ1) is 13.5. The van der Waals surface area contributed by atoms with Gasteiger partial charge in [-0.25, -0.2) is 0 Å². The summed E-state index contributed by atoms with van der Waals surface area (Å²) in [5.41, 5.74) is 2.78. The Kier molecular flexibility index (Phi) is 4.19. The van der Waals surface area contributed by atoms with Gasteiger partial charge in [-0.1, -0.05) is 18.2 Å². The molecule has 0 radical (unpaired) electrons. The van der Waals surface area contributed by atoms with E-state index in [1.807, 2.05) is 13.0 Å². The predicted molar refractivity (Wildman–Crippen MR) is 99.1 cm³/mol. The fourth-order valence-electron chi connectivity index (χ4n) is 3.10. The van der Waals surface area contributed by atoms with E-state index in [-0.39, 0.29) is 6.54 Å². The van der Waals surface area contributed by atoms with Crippen molar-refractivity contribution in [2.45, 2.75) is 13.8 Å². The van der Waals surface area contributed by atoms with Crippen LogP contribution >= 0.6 is 0 Å². The summed E-state index contributed by atoms with van der Waals surface area (Å²) >= 11 is 0. The average molecular weight is 376 g/mol. The number of fused-ring (bicyclic) bond motifs is 1. The maximum absolute atomic E-state index is 12.5. The first kappa shape index (κ1) is 17.5. The highest BCUT2D eigenvalue weighted by molar-refractivity contribution is 6.22. The lowest BCUT2D eigenvalue weighted by molar-refractivity contribution is -0.116. The normalized spacial score (nSPS) is 13.0. The summed E-state index contributed by atoms with van der Waals surface area (Å²) in [5, 5.41) is 14.1. The van der Waals surface area contributed by atoms with Crippen LogP contribution in [0.2, 0.25) is 0 Å². The third-order valence-corrected chi connectivity index (χ3v) is 4.53. The first-order valence-corrected chi connectivity index (χ1v) is 8.57. The van der Waals surface area contributed by atoms with Crippen LogP contribution in [0, 0.1) is 13.8 Å². The number of carbonyl (C=O) groups is 3. The van der Waals surface area contributed by atoms with Gasteiger partial charge >= 0.3 is 0 Å². The van der Waals surface area contributed by atoms with E-state index in [0.717, 1.165) is 16.2 Å². The lowest BCUT2D eigenvalue weighted by Gasteiger charge is -2.14. The molecular formula is C19H16N6O3. The van der Waals surface area contributed by atoms with Gasteiger partial charge in [0.25, 0.3) is 11.8 Å². The molecule has 9 nitrogen and oxygen atoms in total. The molecule has 28 heavy (non-hydrogen) atoms.